The Morgan fingerprint density at radius 3 is 2.81 bits per heavy atom. The van der Waals surface area contributed by atoms with E-state index in [0.29, 0.717) is 25.0 Å². The Morgan fingerprint density at radius 1 is 1.35 bits per heavy atom. The lowest BCUT2D eigenvalue weighted by Crippen LogP contribution is -2.41. The van der Waals surface area contributed by atoms with Gasteiger partial charge in [0, 0.05) is 36.8 Å². The summed E-state index contributed by atoms with van der Waals surface area (Å²) in [5, 5.41) is 2.46. The zero-order chi connectivity index (χ0) is 22.0. The zero-order valence-corrected chi connectivity index (χ0v) is 18.0. The van der Waals surface area contributed by atoms with Crippen molar-refractivity contribution in [2.24, 2.45) is 0 Å². The van der Waals surface area contributed by atoms with Crippen LogP contribution in [0, 0.1) is 5.95 Å². The summed E-state index contributed by atoms with van der Waals surface area (Å²) in [5.41, 5.74) is 3.54. The minimum atomic E-state index is -0.554. The zero-order valence-electron chi connectivity index (χ0n) is 18.0. The van der Waals surface area contributed by atoms with E-state index in [1.54, 1.807) is 12.1 Å². The van der Waals surface area contributed by atoms with Gasteiger partial charge in [0.15, 0.2) is 0 Å². The number of hydrogen-bond donors (Lipinski definition) is 2. The maximum absolute atomic E-state index is 14.5. The number of amides is 1. The average Bonchev–Trinajstić information content (AvgIpc) is 2.78. The van der Waals surface area contributed by atoms with Gasteiger partial charge in [0.25, 0.3) is 11.5 Å². The standard InChI is InChI=1S/C23H29FN4O3/c1-3-14-10-16-13-31-17(11-20(16)27-22(14)29)12-28-8-6-15(7-9-28)18-4-5-19(23(30)25-2)26-21(18)24/h4-5,10,15,17H,3,6-9,11-13H2,1-2H3,(H,25,30)(H,27,29). The number of fused-ring (bicyclic) bond motifs is 1. The Labute approximate surface area is 181 Å². The molecule has 1 saturated heterocycles. The highest BCUT2D eigenvalue weighted by Crippen LogP contribution is 2.30. The number of pyridine rings is 2. The van der Waals surface area contributed by atoms with Crippen LogP contribution in [0.2, 0.25) is 0 Å². The number of ether oxygens (including phenoxy) is 1. The third-order valence-electron chi connectivity index (χ3n) is 6.41. The Bertz CT molecular complexity index is 1010. The topological polar surface area (TPSA) is 87.3 Å². The second-order valence-electron chi connectivity index (χ2n) is 8.35. The molecule has 0 aliphatic carbocycles. The molecule has 1 atom stereocenters. The number of H-pyrrole nitrogens is 1. The van der Waals surface area contributed by atoms with Crippen LogP contribution in [0.4, 0.5) is 4.39 Å². The quantitative estimate of drug-likeness (QED) is 0.713. The molecule has 1 unspecified atom stereocenters. The molecular formula is C23H29FN4O3. The smallest absolute Gasteiger partial charge is 0.269 e. The molecule has 4 rings (SSSR count). The van der Waals surface area contributed by atoms with Gasteiger partial charge in [0.05, 0.1) is 12.7 Å². The highest BCUT2D eigenvalue weighted by Gasteiger charge is 2.28. The molecule has 1 amide bonds. The number of nitrogens with zero attached hydrogens (tertiary/aromatic N) is 2. The number of hydrogen-bond acceptors (Lipinski definition) is 5. The number of nitrogens with one attached hydrogen (secondary N) is 2. The Morgan fingerprint density at radius 2 is 2.13 bits per heavy atom. The van der Waals surface area contributed by atoms with Crippen LogP contribution < -0.4 is 10.9 Å². The number of halogens is 1. The van der Waals surface area contributed by atoms with Gasteiger partial charge in [-0.25, -0.2) is 4.98 Å². The second kappa shape index (κ2) is 9.28. The molecular weight excluding hydrogens is 399 g/mol. The Balaban J connectivity index is 1.33. The van der Waals surface area contributed by atoms with E-state index in [9.17, 15) is 14.0 Å². The maximum atomic E-state index is 14.5. The number of rotatable bonds is 5. The Kier molecular flexibility index (Phi) is 6.48. The molecule has 2 aromatic rings. The number of aromatic amines is 1. The van der Waals surface area contributed by atoms with E-state index in [-0.39, 0.29) is 29.2 Å². The van der Waals surface area contributed by atoms with E-state index < -0.39 is 5.95 Å². The fraction of sp³-hybridized carbons (Fsp3) is 0.522. The van der Waals surface area contributed by atoms with Crippen LogP contribution in [0.5, 0.6) is 0 Å². The third kappa shape index (κ3) is 4.70. The van der Waals surface area contributed by atoms with Crippen LogP contribution >= 0.6 is 0 Å². The number of likely N-dealkylation sites (tertiary alicyclic amines) is 1. The van der Waals surface area contributed by atoms with Crippen molar-refractivity contribution in [1.82, 2.24) is 20.2 Å². The van der Waals surface area contributed by atoms with Crippen molar-refractivity contribution in [3.63, 3.8) is 0 Å². The Hall–Kier alpha value is -2.58. The summed E-state index contributed by atoms with van der Waals surface area (Å²) in [7, 11) is 1.50. The molecule has 1 fully saturated rings. The number of carbonyl (C=O) groups excluding carboxylic acids is 1. The number of aryl methyl sites for hydroxylation is 1. The summed E-state index contributed by atoms with van der Waals surface area (Å²) in [6.07, 6.45) is 3.12. The van der Waals surface area contributed by atoms with E-state index in [0.717, 1.165) is 49.3 Å². The van der Waals surface area contributed by atoms with Crippen molar-refractivity contribution < 1.29 is 13.9 Å². The highest BCUT2D eigenvalue weighted by molar-refractivity contribution is 5.91. The molecule has 8 heteroatoms. The van der Waals surface area contributed by atoms with Crippen LogP contribution in [0.15, 0.2) is 23.0 Å². The molecule has 166 valence electrons. The van der Waals surface area contributed by atoms with Gasteiger partial charge in [-0.2, -0.15) is 4.39 Å². The molecule has 4 heterocycles. The van der Waals surface area contributed by atoms with Gasteiger partial charge < -0.3 is 19.9 Å². The van der Waals surface area contributed by atoms with Gasteiger partial charge in [-0.15, -0.1) is 0 Å². The van der Waals surface area contributed by atoms with E-state index in [4.69, 9.17) is 4.74 Å². The first-order chi connectivity index (χ1) is 15.0. The van der Waals surface area contributed by atoms with Crippen molar-refractivity contribution in [3.8, 4) is 0 Å². The van der Waals surface area contributed by atoms with Crippen LogP contribution in [-0.4, -0.2) is 53.6 Å². The predicted molar refractivity (Wildman–Crippen MR) is 115 cm³/mol. The van der Waals surface area contributed by atoms with Gasteiger partial charge in [-0.1, -0.05) is 13.0 Å². The summed E-state index contributed by atoms with van der Waals surface area (Å²) in [5.74, 6) is -0.844. The van der Waals surface area contributed by atoms with E-state index in [1.165, 1.54) is 7.05 Å². The molecule has 0 aromatic carbocycles. The average molecular weight is 429 g/mol. The minimum absolute atomic E-state index is 0.000729. The summed E-state index contributed by atoms with van der Waals surface area (Å²) in [6.45, 7) is 4.98. The van der Waals surface area contributed by atoms with Crippen LogP contribution in [0.1, 0.15) is 58.6 Å². The van der Waals surface area contributed by atoms with Gasteiger partial charge in [-0.05, 0) is 56.0 Å². The molecule has 2 aliphatic rings. The van der Waals surface area contributed by atoms with Crippen LogP contribution in [-0.2, 0) is 24.2 Å². The minimum Gasteiger partial charge on any atom is -0.372 e. The molecule has 2 N–H and O–H groups in total. The van der Waals surface area contributed by atoms with Crippen molar-refractivity contribution in [2.45, 2.75) is 51.2 Å². The molecule has 2 aromatic heterocycles. The van der Waals surface area contributed by atoms with Gasteiger partial charge in [0.2, 0.25) is 5.95 Å². The summed E-state index contributed by atoms with van der Waals surface area (Å²) >= 11 is 0. The monoisotopic (exact) mass is 428 g/mol. The van der Waals surface area contributed by atoms with Crippen molar-refractivity contribution in [3.05, 3.63) is 62.6 Å². The lowest BCUT2D eigenvalue weighted by Gasteiger charge is -2.35. The first-order valence-corrected chi connectivity index (χ1v) is 10.9. The molecule has 31 heavy (non-hydrogen) atoms. The van der Waals surface area contributed by atoms with E-state index in [2.05, 4.69) is 20.2 Å². The lowest BCUT2D eigenvalue weighted by atomic mass is 9.89. The molecule has 0 spiro atoms. The normalized spacial score (nSPS) is 19.8. The molecule has 0 radical (unpaired) electrons. The molecule has 0 bridgehead atoms. The summed E-state index contributed by atoms with van der Waals surface area (Å²) < 4.78 is 20.5. The second-order valence-corrected chi connectivity index (χ2v) is 8.35. The van der Waals surface area contributed by atoms with E-state index in [1.807, 2.05) is 13.0 Å². The fourth-order valence-electron chi connectivity index (χ4n) is 4.56. The maximum Gasteiger partial charge on any atom is 0.269 e. The van der Waals surface area contributed by atoms with E-state index >= 15 is 0 Å². The van der Waals surface area contributed by atoms with Gasteiger partial charge in [-0.3, -0.25) is 9.59 Å². The van der Waals surface area contributed by atoms with Crippen molar-refractivity contribution in [2.75, 3.05) is 26.7 Å². The molecule has 2 aliphatic heterocycles. The SMILES string of the molecule is CCc1cc2c([nH]c1=O)CC(CN1CCC(c3ccc(C(=O)NC)nc3F)CC1)OC2. The molecule has 7 nitrogen and oxygen atoms in total. The lowest BCUT2D eigenvalue weighted by molar-refractivity contribution is -0.000694. The highest BCUT2D eigenvalue weighted by atomic mass is 19.1. The first-order valence-electron chi connectivity index (χ1n) is 10.9. The van der Waals surface area contributed by atoms with Crippen molar-refractivity contribution >= 4 is 5.91 Å². The van der Waals surface area contributed by atoms with Crippen LogP contribution in [0.25, 0.3) is 0 Å². The number of carbonyl (C=O) groups is 1. The van der Waals surface area contributed by atoms with Gasteiger partial charge in [0.1, 0.15) is 5.69 Å². The first kappa shape index (κ1) is 21.6. The fourth-order valence-corrected chi connectivity index (χ4v) is 4.56. The summed E-state index contributed by atoms with van der Waals surface area (Å²) in [4.78, 5) is 33.0. The predicted octanol–water partition coefficient (Wildman–Crippen LogP) is 2.15. The number of aromatic nitrogens is 2. The van der Waals surface area contributed by atoms with Crippen molar-refractivity contribution in [1.29, 1.82) is 0 Å². The summed E-state index contributed by atoms with van der Waals surface area (Å²) in [6, 6.07) is 5.24. The third-order valence-corrected chi connectivity index (χ3v) is 6.41. The largest absolute Gasteiger partial charge is 0.372 e. The number of piperidine rings is 1. The van der Waals surface area contributed by atoms with Crippen LogP contribution in [0.3, 0.4) is 0 Å². The van der Waals surface area contributed by atoms with Gasteiger partial charge >= 0.3 is 0 Å². The molecule has 0 saturated carbocycles.